The molecule has 86 valence electrons. The van der Waals surface area contributed by atoms with E-state index in [4.69, 9.17) is 4.74 Å². The second-order valence-corrected chi connectivity index (χ2v) is 4.20. The first-order valence-corrected chi connectivity index (χ1v) is 5.59. The zero-order valence-electron chi connectivity index (χ0n) is 9.43. The molecule has 1 aromatic carbocycles. The van der Waals surface area contributed by atoms with Gasteiger partial charge in [0.05, 0.1) is 5.56 Å². The zero-order chi connectivity index (χ0) is 11.8. The van der Waals surface area contributed by atoms with Gasteiger partial charge in [-0.2, -0.15) is 4.98 Å². The average Bonchev–Trinajstić information content (AvgIpc) is 2.71. The molecular formula is C13H12N2O2. The molecule has 0 aliphatic carbocycles. The van der Waals surface area contributed by atoms with E-state index in [-0.39, 0.29) is 11.7 Å². The van der Waals surface area contributed by atoms with E-state index < -0.39 is 0 Å². The fourth-order valence-corrected chi connectivity index (χ4v) is 2.01. The second kappa shape index (κ2) is 3.73. The van der Waals surface area contributed by atoms with E-state index in [0.29, 0.717) is 23.7 Å². The number of aromatic amines is 1. The first-order valence-electron chi connectivity index (χ1n) is 5.59. The Bertz CT molecular complexity index is 605. The van der Waals surface area contributed by atoms with Crippen molar-refractivity contribution >= 4 is 0 Å². The van der Waals surface area contributed by atoms with Crippen LogP contribution in [0.4, 0.5) is 0 Å². The van der Waals surface area contributed by atoms with Crippen LogP contribution in [0.3, 0.4) is 0 Å². The van der Waals surface area contributed by atoms with Gasteiger partial charge in [0.1, 0.15) is 11.9 Å². The normalized spacial score (nSPS) is 17.6. The molecular weight excluding hydrogens is 216 g/mol. The molecule has 0 amide bonds. The number of benzene rings is 1. The molecule has 17 heavy (non-hydrogen) atoms. The number of H-pyrrole nitrogens is 1. The molecule has 4 heteroatoms. The Morgan fingerprint density at radius 1 is 1.35 bits per heavy atom. The predicted octanol–water partition coefficient (Wildman–Crippen LogP) is 1.76. The molecule has 0 saturated heterocycles. The molecule has 0 fully saturated rings. The van der Waals surface area contributed by atoms with Crippen molar-refractivity contribution in [1.29, 1.82) is 0 Å². The van der Waals surface area contributed by atoms with Gasteiger partial charge in [-0.25, -0.2) is 0 Å². The van der Waals surface area contributed by atoms with Crippen molar-refractivity contribution in [2.45, 2.75) is 19.4 Å². The van der Waals surface area contributed by atoms with E-state index in [2.05, 4.69) is 9.97 Å². The second-order valence-electron chi connectivity index (χ2n) is 4.20. The van der Waals surface area contributed by atoms with E-state index >= 15 is 0 Å². The fraction of sp³-hybridized carbons (Fsp3) is 0.231. The van der Waals surface area contributed by atoms with Gasteiger partial charge in [-0.1, -0.05) is 30.3 Å². The Kier molecular flexibility index (Phi) is 2.21. The van der Waals surface area contributed by atoms with Crippen molar-refractivity contribution in [3.63, 3.8) is 0 Å². The maximum Gasteiger partial charge on any atom is 0.258 e. The Balaban J connectivity index is 2.14. The Hall–Kier alpha value is -2.10. The number of nitrogens with one attached hydrogen (secondary N) is 1. The standard InChI is InChI=1S/C13H12N2O2/c1-8-7-10-12(16)14-11(15-13(10)17-8)9-5-3-2-4-6-9/h2-6,8H,7H2,1H3,(H,14,15,16). The van der Waals surface area contributed by atoms with Gasteiger partial charge in [0.15, 0.2) is 0 Å². The largest absolute Gasteiger partial charge is 0.474 e. The number of aromatic nitrogens is 2. The molecule has 1 aromatic heterocycles. The lowest BCUT2D eigenvalue weighted by molar-refractivity contribution is 0.246. The number of nitrogens with zero attached hydrogens (tertiary/aromatic N) is 1. The third-order valence-corrected chi connectivity index (χ3v) is 2.83. The minimum atomic E-state index is -0.0989. The van der Waals surface area contributed by atoms with E-state index in [1.807, 2.05) is 37.3 Å². The van der Waals surface area contributed by atoms with Gasteiger partial charge in [-0.3, -0.25) is 4.79 Å². The van der Waals surface area contributed by atoms with Crippen LogP contribution in [0.5, 0.6) is 5.88 Å². The lowest BCUT2D eigenvalue weighted by Crippen LogP contribution is -2.13. The minimum absolute atomic E-state index is 0.0321. The fourth-order valence-electron chi connectivity index (χ4n) is 2.01. The van der Waals surface area contributed by atoms with Gasteiger partial charge in [-0.05, 0) is 6.92 Å². The van der Waals surface area contributed by atoms with Crippen molar-refractivity contribution in [3.05, 3.63) is 46.2 Å². The van der Waals surface area contributed by atoms with Crippen molar-refractivity contribution in [2.24, 2.45) is 0 Å². The van der Waals surface area contributed by atoms with Crippen LogP contribution in [0.15, 0.2) is 35.1 Å². The summed E-state index contributed by atoms with van der Waals surface area (Å²) >= 11 is 0. The molecule has 0 spiro atoms. The lowest BCUT2D eigenvalue weighted by atomic mass is 10.2. The van der Waals surface area contributed by atoms with Crippen LogP contribution in [-0.4, -0.2) is 16.1 Å². The summed E-state index contributed by atoms with van der Waals surface area (Å²) in [7, 11) is 0. The monoisotopic (exact) mass is 228 g/mol. The van der Waals surface area contributed by atoms with Gasteiger partial charge < -0.3 is 9.72 Å². The minimum Gasteiger partial charge on any atom is -0.474 e. The highest BCUT2D eigenvalue weighted by molar-refractivity contribution is 5.55. The van der Waals surface area contributed by atoms with Crippen LogP contribution in [0.1, 0.15) is 12.5 Å². The van der Waals surface area contributed by atoms with E-state index in [9.17, 15) is 4.79 Å². The Morgan fingerprint density at radius 2 is 2.12 bits per heavy atom. The molecule has 1 aliphatic rings. The van der Waals surface area contributed by atoms with Crippen molar-refractivity contribution < 1.29 is 4.74 Å². The third-order valence-electron chi connectivity index (χ3n) is 2.83. The van der Waals surface area contributed by atoms with Crippen LogP contribution in [0, 0.1) is 0 Å². The van der Waals surface area contributed by atoms with Crippen LogP contribution < -0.4 is 10.3 Å². The topological polar surface area (TPSA) is 55.0 Å². The SMILES string of the molecule is CC1Cc2c(nc(-c3ccccc3)[nH]c2=O)O1. The highest BCUT2D eigenvalue weighted by atomic mass is 16.5. The molecule has 1 unspecified atom stereocenters. The van der Waals surface area contributed by atoms with Crippen molar-refractivity contribution in [2.75, 3.05) is 0 Å². The van der Waals surface area contributed by atoms with Crippen LogP contribution in [0.25, 0.3) is 11.4 Å². The number of fused-ring (bicyclic) bond motifs is 1. The molecule has 1 N–H and O–H groups in total. The quantitative estimate of drug-likeness (QED) is 0.809. The van der Waals surface area contributed by atoms with E-state index in [1.54, 1.807) is 0 Å². The van der Waals surface area contributed by atoms with Gasteiger partial charge in [0.25, 0.3) is 5.56 Å². The van der Waals surface area contributed by atoms with Crippen LogP contribution >= 0.6 is 0 Å². The van der Waals surface area contributed by atoms with Crippen LogP contribution in [0.2, 0.25) is 0 Å². The lowest BCUT2D eigenvalue weighted by Gasteiger charge is -2.04. The molecule has 2 aromatic rings. The number of rotatable bonds is 1. The molecule has 0 saturated carbocycles. The Labute approximate surface area is 98.3 Å². The summed E-state index contributed by atoms with van der Waals surface area (Å²) < 4.78 is 5.52. The summed E-state index contributed by atoms with van der Waals surface area (Å²) in [6, 6.07) is 9.55. The number of ether oxygens (including phenoxy) is 1. The van der Waals surface area contributed by atoms with Gasteiger partial charge >= 0.3 is 0 Å². The van der Waals surface area contributed by atoms with Gasteiger partial charge in [0.2, 0.25) is 5.88 Å². The number of hydrogen-bond donors (Lipinski definition) is 1. The summed E-state index contributed by atoms with van der Waals surface area (Å²) in [6.45, 7) is 1.93. The Morgan fingerprint density at radius 3 is 2.88 bits per heavy atom. The zero-order valence-corrected chi connectivity index (χ0v) is 9.43. The van der Waals surface area contributed by atoms with Crippen molar-refractivity contribution in [3.8, 4) is 17.3 Å². The molecule has 1 atom stereocenters. The average molecular weight is 228 g/mol. The first kappa shape index (κ1) is 10.1. The van der Waals surface area contributed by atoms with E-state index in [0.717, 1.165) is 5.56 Å². The highest BCUT2D eigenvalue weighted by Gasteiger charge is 2.24. The summed E-state index contributed by atoms with van der Waals surface area (Å²) in [5, 5.41) is 0. The van der Waals surface area contributed by atoms with Crippen LogP contribution in [-0.2, 0) is 6.42 Å². The van der Waals surface area contributed by atoms with Gasteiger partial charge in [-0.15, -0.1) is 0 Å². The molecule has 1 aliphatic heterocycles. The summed E-state index contributed by atoms with van der Waals surface area (Å²) in [5.41, 5.74) is 1.44. The maximum absolute atomic E-state index is 11.9. The van der Waals surface area contributed by atoms with Crippen molar-refractivity contribution in [1.82, 2.24) is 9.97 Å². The smallest absolute Gasteiger partial charge is 0.258 e. The van der Waals surface area contributed by atoms with Gasteiger partial charge in [0, 0.05) is 12.0 Å². The molecule has 0 radical (unpaired) electrons. The first-order chi connectivity index (χ1) is 8.24. The number of hydrogen-bond acceptors (Lipinski definition) is 3. The molecule has 0 bridgehead atoms. The predicted molar refractivity (Wildman–Crippen MR) is 64.1 cm³/mol. The molecule has 3 rings (SSSR count). The molecule has 4 nitrogen and oxygen atoms in total. The summed E-state index contributed by atoms with van der Waals surface area (Å²) in [6.07, 6.45) is 0.664. The summed E-state index contributed by atoms with van der Waals surface area (Å²) in [5.74, 6) is 1.03. The maximum atomic E-state index is 11.9. The highest BCUT2D eigenvalue weighted by Crippen LogP contribution is 2.25. The summed E-state index contributed by atoms with van der Waals surface area (Å²) in [4.78, 5) is 19.0. The molecule has 2 heterocycles. The third kappa shape index (κ3) is 1.71. The van der Waals surface area contributed by atoms with E-state index in [1.165, 1.54) is 0 Å².